The van der Waals surface area contributed by atoms with Crippen LogP contribution in [0.2, 0.25) is 0 Å². The van der Waals surface area contributed by atoms with E-state index in [0.717, 1.165) is 0 Å². The minimum atomic E-state index is -0.921. The van der Waals surface area contributed by atoms with Crippen molar-refractivity contribution in [3.05, 3.63) is 0 Å². The van der Waals surface area contributed by atoms with Gasteiger partial charge in [-0.2, -0.15) is 0 Å². The lowest BCUT2D eigenvalue weighted by Crippen LogP contribution is -2.53. The van der Waals surface area contributed by atoms with Crippen LogP contribution in [0.3, 0.4) is 0 Å². The monoisotopic (exact) mass is 163 g/mol. The van der Waals surface area contributed by atoms with E-state index in [9.17, 15) is 0 Å². The van der Waals surface area contributed by atoms with Crippen molar-refractivity contribution >= 4 is 9.28 Å². The second-order valence-electron chi connectivity index (χ2n) is 1.41. The summed E-state index contributed by atoms with van der Waals surface area (Å²) in [6.07, 6.45) is 0. The van der Waals surface area contributed by atoms with E-state index in [-0.39, 0.29) is 0 Å². The molecule has 0 fully saturated rings. The molecule has 0 aromatic carbocycles. The summed E-state index contributed by atoms with van der Waals surface area (Å²) in [5.41, 5.74) is 11.0. The summed E-state index contributed by atoms with van der Waals surface area (Å²) in [6.45, 7) is 0. The van der Waals surface area contributed by atoms with E-state index in [2.05, 4.69) is 14.9 Å². The lowest BCUT2D eigenvalue weighted by Gasteiger charge is -2.08. The third-order valence-corrected chi connectivity index (χ3v) is 2.60. The molecular formula is C3H15N6Si+. The van der Waals surface area contributed by atoms with E-state index in [4.69, 9.17) is 11.1 Å². The van der Waals surface area contributed by atoms with Gasteiger partial charge in [-0.15, -0.1) is 0 Å². The Balaban J connectivity index is 0. The number of nitrogens with zero attached hydrogens (tertiary/aromatic N) is 1. The molecule has 6 nitrogen and oxygen atoms in total. The lowest BCUT2D eigenvalue weighted by atomic mass is 11.6. The molecule has 0 aliphatic heterocycles. The fraction of sp³-hybridized carbons (Fsp3) is 1.00. The number of hydrogen-bond donors (Lipinski definition) is 5. The smallest absolute Gasteiger partial charge is 0.263 e. The van der Waals surface area contributed by atoms with Crippen LogP contribution in [-0.2, 0) is 0 Å². The second-order valence-corrected chi connectivity index (χ2v) is 4.01. The third-order valence-electron chi connectivity index (χ3n) is 0.866. The molecule has 0 saturated heterocycles. The number of nitrogens with one attached hydrogen (secondary N) is 5. The van der Waals surface area contributed by atoms with Crippen LogP contribution in [0, 0.1) is 11.1 Å². The van der Waals surface area contributed by atoms with Crippen LogP contribution < -0.4 is 19.9 Å². The lowest BCUT2D eigenvalue weighted by molar-refractivity contribution is 0.928. The third kappa shape index (κ3) is 10.4. The molecule has 0 aromatic heterocycles. The van der Waals surface area contributed by atoms with Gasteiger partial charge < -0.3 is 14.9 Å². The molecule has 0 radical (unpaired) electrons. The first kappa shape index (κ1) is 12.1. The molecular weight excluding hydrogens is 148 g/mol. The van der Waals surface area contributed by atoms with Gasteiger partial charge in [0.1, 0.15) is 11.1 Å². The normalized spacial score (nSPS) is 8.00. The molecule has 0 aliphatic rings. The maximum Gasteiger partial charge on any atom is 0.263 e. The molecule has 10 heavy (non-hydrogen) atoms. The Morgan fingerprint density at radius 3 is 1.20 bits per heavy atom. The molecule has 5 N–H and O–H groups in total. The molecule has 0 bridgehead atoms. The molecule has 0 atom stereocenters. The van der Waals surface area contributed by atoms with Gasteiger partial charge >= 0.3 is 0 Å². The van der Waals surface area contributed by atoms with Gasteiger partial charge in [0.15, 0.2) is 0 Å². The average molecular weight is 163 g/mol. The van der Waals surface area contributed by atoms with Gasteiger partial charge in [-0.1, -0.05) is 0 Å². The quantitative estimate of drug-likeness (QED) is 0.198. The molecule has 0 aliphatic carbocycles. The standard InChI is InChI=1S/C3H13N3Si.H2N3/c1-4-7(5-2)6-3;1-3-2/h4-7H,1-3H3;1-2H/q;+1. The van der Waals surface area contributed by atoms with Crippen LogP contribution >= 0.6 is 0 Å². The van der Waals surface area contributed by atoms with Crippen molar-refractivity contribution in [1.29, 1.82) is 11.1 Å². The SMILES string of the molecule is CN[SiH](NC)NC.N=[N+]=N. The summed E-state index contributed by atoms with van der Waals surface area (Å²) < 4.78 is 0. The van der Waals surface area contributed by atoms with Crippen molar-refractivity contribution in [2.45, 2.75) is 0 Å². The van der Waals surface area contributed by atoms with Crippen molar-refractivity contribution in [3.8, 4) is 0 Å². The molecule has 0 saturated carbocycles. The summed E-state index contributed by atoms with van der Waals surface area (Å²) in [4.78, 5) is 11.4. The molecule has 60 valence electrons. The first-order valence-corrected chi connectivity index (χ1v) is 4.55. The van der Waals surface area contributed by atoms with E-state index in [0.29, 0.717) is 0 Å². The molecule has 0 aromatic rings. The van der Waals surface area contributed by atoms with Gasteiger partial charge in [0.2, 0.25) is 4.91 Å². The van der Waals surface area contributed by atoms with Crippen LogP contribution in [-0.4, -0.2) is 30.4 Å². The van der Waals surface area contributed by atoms with Gasteiger partial charge in [-0.05, 0) is 21.1 Å². The fourth-order valence-corrected chi connectivity index (χ4v) is 1.30. The predicted octanol–water partition coefficient (Wildman–Crippen LogP) is -1.52. The van der Waals surface area contributed by atoms with E-state index in [1.807, 2.05) is 26.1 Å². The first-order chi connectivity index (χ1) is 4.76. The highest BCUT2D eigenvalue weighted by Crippen LogP contribution is 1.49. The Labute approximate surface area is 62.3 Å². The van der Waals surface area contributed by atoms with Gasteiger partial charge in [-0.3, -0.25) is 0 Å². The minimum Gasteiger partial charge on any atom is -0.319 e. The Hall–Kier alpha value is -0.593. The molecule has 0 unspecified atom stereocenters. The van der Waals surface area contributed by atoms with Gasteiger partial charge in [0.05, 0.1) is 0 Å². The highest BCUT2D eigenvalue weighted by molar-refractivity contribution is 6.49. The Kier molecular flexibility index (Phi) is 13.6. The zero-order chi connectivity index (χ0) is 8.41. The summed E-state index contributed by atoms with van der Waals surface area (Å²) in [7, 11) is 4.92. The van der Waals surface area contributed by atoms with Gasteiger partial charge in [0.25, 0.3) is 9.28 Å². The van der Waals surface area contributed by atoms with Gasteiger partial charge in [-0.25, -0.2) is 0 Å². The predicted molar refractivity (Wildman–Crippen MR) is 41.9 cm³/mol. The van der Waals surface area contributed by atoms with Crippen molar-refractivity contribution in [1.82, 2.24) is 19.9 Å². The maximum absolute atomic E-state index is 5.50. The zero-order valence-corrected chi connectivity index (χ0v) is 7.68. The summed E-state index contributed by atoms with van der Waals surface area (Å²) in [5.74, 6) is 0. The highest BCUT2D eigenvalue weighted by Gasteiger charge is 1.96. The Bertz CT molecular complexity index is 79.5. The molecule has 0 amide bonds. The van der Waals surface area contributed by atoms with Crippen LogP contribution in [0.4, 0.5) is 0 Å². The van der Waals surface area contributed by atoms with E-state index >= 15 is 0 Å². The van der Waals surface area contributed by atoms with Crippen LogP contribution in [0.25, 0.3) is 0 Å². The van der Waals surface area contributed by atoms with Crippen LogP contribution in [0.1, 0.15) is 0 Å². The molecule has 0 spiro atoms. The fourth-order valence-electron chi connectivity index (χ4n) is 0.433. The largest absolute Gasteiger partial charge is 0.319 e. The molecule has 0 heterocycles. The minimum absolute atomic E-state index is 0.921. The number of hydrogen-bond acceptors (Lipinski definition) is 5. The maximum atomic E-state index is 5.50. The first-order valence-electron chi connectivity index (χ1n) is 2.81. The topological polar surface area (TPSA) is 97.9 Å². The van der Waals surface area contributed by atoms with Crippen LogP contribution in [0.5, 0.6) is 0 Å². The summed E-state index contributed by atoms with van der Waals surface area (Å²) >= 11 is 0. The van der Waals surface area contributed by atoms with Gasteiger partial charge in [0, 0.05) is 0 Å². The number of rotatable bonds is 3. The second kappa shape index (κ2) is 11.2. The highest BCUT2D eigenvalue weighted by atomic mass is 28.3. The molecule has 0 rings (SSSR count). The van der Waals surface area contributed by atoms with E-state index in [1.165, 1.54) is 0 Å². The van der Waals surface area contributed by atoms with Crippen molar-refractivity contribution in [2.24, 2.45) is 0 Å². The van der Waals surface area contributed by atoms with Crippen molar-refractivity contribution < 1.29 is 0 Å². The van der Waals surface area contributed by atoms with E-state index < -0.39 is 9.28 Å². The van der Waals surface area contributed by atoms with Crippen molar-refractivity contribution in [2.75, 3.05) is 21.1 Å². The Morgan fingerprint density at radius 1 is 1.00 bits per heavy atom. The summed E-state index contributed by atoms with van der Waals surface area (Å²) in [6, 6.07) is 0. The van der Waals surface area contributed by atoms with Crippen molar-refractivity contribution in [3.63, 3.8) is 0 Å². The van der Waals surface area contributed by atoms with E-state index in [1.54, 1.807) is 0 Å². The van der Waals surface area contributed by atoms with Crippen LogP contribution in [0.15, 0.2) is 0 Å². The Morgan fingerprint density at radius 2 is 1.20 bits per heavy atom. The molecule has 7 heteroatoms. The zero-order valence-electron chi connectivity index (χ0n) is 6.52. The summed E-state index contributed by atoms with van der Waals surface area (Å²) in [5, 5.41) is 0. The average Bonchev–Trinajstić information content (AvgIpc) is 1.93.